The zero-order chi connectivity index (χ0) is 34.1. The number of nitrogens with zero attached hydrogens (tertiary/aromatic N) is 2. The van der Waals surface area contributed by atoms with Crippen LogP contribution in [0.15, 0.2) is 95.9 Å². The van der Waals surface area contributed by atoms with Crippen LogP contribution in [0.3, 0.4) is 0 Å². The summed E-state index contributed by atoms with van der Waals surface area (Å²) < 4.78 is 40.7. The fourth-order valence-electron chi connectivity index (χ4n) is 5.38. The van der Waals surface area contributed by atoms with Gasteiger partial charge in [0.15, 0.2) is 11.5 Å². The van der Waals surface area contributed by atoms with Gasteiger partial charge in [-0.05, 0) is 73.4 Å². The Hall–Kier alpha value is -4.54. The summed E-state index contributed by atoms with van der Waals surface area (Å²) in [6.07, 6.45) is 0.203. The maximum Gasteiger partial charge on any atom is 0.264 e. The summed E-state index contributed by atoms with van der Waals surface area (Å²) in [6, 6.07) is 25.1. The van der Waals surface area contributed by atoms with Gasteiger partial charge in [-0.25, -0.2) is 8.42 Å². The predicted molar refractivity (Wildman–Crippen MR) is 185 cm³/mol. The lowest BCUT2D eigenvalue weighted by atomic mass is 10.0. The quantitative estimate of drug-likeness (QED) is 0.177. The lowest BCUT2D eigenvalue weighted by Gasteiger charge is -2.34. The molecule has 0 fully saturated rings. The van der Waals surface area contributed by atoms with E-state index in [1.165, 1.54) is 37.3 Å². The van der Waals surface area contributed by atoms with E-state index in [1.54, 1.807) is 43.3 Å². The van der Waals surface area contributed by atoms with Crippen LogP contribution in [0.5, 0.6) is 11.5 Å². The first kappa shape index (κ1) is 35.3. The summed E-state index contributed by atoms with van der Waals surface area (Å²) in [6.45, 7) is 5.25. The number of benzene rings is 4. The summed E-state index contributed by atoms with van der Waals surface area (Å²) in [7, 11) is -1.47. The maximum atomic E-state index is 14.6. The van der Waals surface area contributed by atoms with E-state index < -0.39 is 28.5 Å². The molecule has 0 spiro atoms. The molecule has 0 aromatic heterocycles. The number of ether oxygens (including phenoxy) is 2. The van der Waals surface area contributed by atoms with Crippen LogP contribution in [0.1, 0.15) is 29.2 Å². The van der Waals surface area contributed by atoms with Crippen molar-refractivity contribution in [1.29, 1.82) is 0 Å². The molecule has 1 unspecified atom stereocenters. The van der Waals surface area contributed by atoms with Gasteiger partial charge in [0.25, 0.3) is 10.0 Å². The number of halogens is 1. The lowest BCUT2D eigenvalue weighted by molar-refractivity contribution is -0.140. The molecule has 0 bridgehead atoms. The maximum absolute atomic E-state index is 14.6. The van der Waals surface area contributed by atoms with E-state index in [2.05, 4.69) is 5.32 Å². The molecule has 0 saturated heterocycles. The molecule has 0 aliphatic rings. The Morgan fingerprint density at radius 1 is 0.851 bits per heavy atom. The van der Waals surface area contributed by atoms with E-state index in [-0.39, 0.29) is 29.5 Å². The van der Waals surface area contributed by atoms with Crippen molar-refractivity contribution in [3.05, 3.63) is 118 Å². The molecule has 4 aromatic rings. The molecule has 0 heterocycles. The third-order valence-corrected chi connectivity index (χ3v) is 9.78. The number of likely N-dealkylation sites (N-methyl/N-ethyl adjacent to an activating group) is 1. The van der Waals surface area contributed by atoms with Gasteiger partial charge in [0, 0.05) is 30.6 Å². The largest absolute Gasteiger partial charge is 0.493 e. The number of rotatable bonds is 14. The van der Waals surface area contributed by atoms with Crippen molar-refractivity contribution < 1.29 is 27.5 Å². The highest BCUT2D eigenvalue weighted by Crippen LogP contribution is 2.33. The highest BCUT2D eigenvalue weighted by Gasteiger charge is 2.35. The third-order valence-electron chi connectivity index (χ3n) is 7.64. The number of nitrogens with one attached hydrogen (secondary N) is 1. The normalized spacial score (nSPS) is 11.8. The Morgan fingerprint density at radius 2 is 1.49 bits per heavy atom. The average molecular weight is 678 g/mol. The zero-order valence-corrected chi connectivity index (χ0v) is 28.8. The van der Waals surface area contributed by atoms with Crippen molar-refractivity contribution >= 4 is 39.1 Å². The molecular weight excluding hydrogens is 638 g/mol. The van der Waals surface area contributed by atoms with Gasteiger partial charge < -0.3 is 19.7 Å². The first-order chi connectivity index (χ1) is 22.5. The molecule has 0 radical (unpaired) electrons. The predicted octanol–water partition coefficient (Wildman–Crippen LogP) is 5.95. The second kappa shape index (κ2) is 15.8. The van der Waals surface area contributed by atoms with Crippen molar-refractivity contribution in [3.8, 4) is 11.5 Å². The van der Waals surface area contributed by atoms with Gasteiger partial charge in [-0.1, -0.05) is 66.2 Å². The van der Waals surface area contributed by atoms with Crippen LogP contribution in [-0.2, 0) is 32.6 Å². The number of carbonyl (C=O) groups excluding carboxylic acids is 2. The molecule has 1 N–H and O–H groups in total. The summed E-state index contributed by atoms with van der Waals surface area (Å²) in [5.74, 6) is -0.366. The number of methoxy groups -OCH3 is 2. The van der Waals surface area contributed by atoms with E-state index in [1.807, 2.05) is 50.2 Å². The first-order valence-electron chi connectivity index (χ1n) is 15.2. The highest BCUT2D eigenvalue weighted by molar-refractivity contribution is 7.92. The van der Waals surface area contributed by atoms with E-state index in [0.717, 1.165) is 21.0 Å². The summed E-state index contributed by atoms with van der Waals surface area (Å²) in [4.78, 5) is 29.6. The summed E-state index contributed by atoms with van der Waals surface area (Å²) in [5.41, 5.74) is 3.39. The minimum absolute atomic E-state index is 0.0236. The SMILES string of the molecule is CCNC(=O)C(Cc1ccccc1)N(Cc1ccccc1Cl)C(=O)CN(c1cc(C)cc(C)c1)S(=O)(=O)c1ccc(OC)c(OC)c1. The highest BCUT2D eigenvalue weighted by atomic mass is 35.5. The van der Waals surface area contributed by atoms with Gasteiger partial charge in [0.2, 0.25) is 11.8 Å². The van der Waals surface area contributed by atoms with E-state index in [4.69, 9.17) is 21.1 Å². The Balaban J connectivity index is 1.85. The first-order valence-corrected chi connectivity index (χ1v) is 17.0. The Morgan fingerprint density at radius 3 is 2.11 bits per heavy atom. The second-order valence-electron chi connectivity index (χ2n) is 11.1. The lowest BCUT2D eigenvalue weighted by Crippen LogP contribution is -2.53. The van der Waals surface area contributed by atoms with E-state index >= 15 is 0 Å². The number of anilines is 1. The topological polar surface area (TPSA) is 105 Å². The minimum atomic E-state index is -4.35. The number of carbonyl (C=O) groups is 2. The van der Waals surface area contributed by atoms with E-state index in [0.29, 0.717) is 28.6 Å². The van der Waals surface area contributed by atoms with Gasteiger partial charge in [-0.3, -0.25) is 13.9 Å². The summed E-state index contributed by atoms with van der Waals surface area (Å²) >= 11 is 6.55. The van der Waals surface area contributed by atoms with Crippen LogP contribution in [0.25, 0.3) is 0 Å². The average Bonchev–Trinajstić information content (AvgIpc) is 3.05. The molecule has 0 saturated carbocycles. The number of hydrogen-bond acceptors (Lipinski definition) is 6. The van der Waals surface area contributed by atoms with Gasteiger partial charge in [0.1, 0.15) is 12.6 Å². The third kappa shape index (κ3) is 8.64. The fraction of sp³-hybridized carbons (Fsp3) is 0.278. The number of aryl methyl sites for hydroxylation is 2. The molecular formula is C36H40ClN3O6S. The smallest absolute Gasteiger partial charge is 0.264 e. The van der Waals surface area contributed by atoms with Gasteiger partial charge in [0.05, 0.1) is 24.8 Å². The molecule has 47 heavy (non-hydrogen) atoms. The molecule has 4 rings (SSSR count). The van der Waals surface area contributed by atoms with Crippen molar-refractivity contribution in [1.82, 2.24) is 10.2 Å². The van der Waals surface area contributed by atoms with Crippen molar-refractivity contribution in [2.45, 2.75) is 44.7 Å². The molecule has 0 aliphatic carbocycles. The van der Waals surface area contributed by atoms with Crippen LogP contribution in [0, 0.1) is 13.8 Å². The Labute approximate surface area is 282 Å². The van der Waals surface area contributed by atoms with Gasteiger partial charge >= 0.3 is 0 Å². The standard InChI is InChI=1S/C36H40ClN3O6S/c1-6-38-36(42)32(21-27-12-8-7-9-13-27)39(23-28-14-10-11-15-31(28)37)35(41)24-40(29-19-25(2)18-26(3)20-29)47(43,44)30-16-17-33(45-4)34(22-30)46-5/h7-20,22,32H,6,21,23-24H2,1-5H3,(H,38,42). The van der Waals surface area contributed by atoms with Crippen molar-refractivity contribution in [2.24, 2.45) is 0 Å². The van der Waals surface area contributed by atoms with Crippen molar-refractivity contribution in [2.75, 3.05) is 31.6 Å². The molecule has 1 atom stereocenters. The number of sulfonamides is 1. The zero-order valence-electron chi connectivity index (χ0n) is 27.2. The summed E-state index contributed by atoms with van der Waals surface area (Å²) in [5, 5.41) is 3.28. The van der Waals surface area contributed by atoms with E-state index in [9.17, 15) is 18.0 Å². The Bertz CT molecular complexity index is 1800. The van der Waals surface area contributed by atoms with Crippen LogP contribution in [0.4, 0.5) is 5.69 Å². The monoisotopic (exact) mass is 677 g/mol. The number of hydrogen-bond donors (Lipinski definition) is 1. The van der Waals surface area contributed by atoms with Gasteiger partial charge in [-0.15, -0.1) is 0 Å². The second-order valence-corrected chi connectivity index (χ2v) is 13.4. The minimum Gasteiger partial charge on any atom is -0.493 e. The van der Waals surface area contributed by atoms with Crippen LogP contribution in [0.2, 0.25) is 5.02 Å². The molecule has 248 valence electrons. The van der Waals surface area contributed by atoms with Gasteiger partial charge in [-0.2, -0.15) is 0 Å². The number of amides is 2. The van der Waals surface area contributed by atoms with Crippen LogP contribution >= 0.6 is 11.6 Å². The molecule has 0 aliphatic heterocycles. The molecule has 11 heteroatoms. The molecule has 2 amide bonds. The van der Waals surface area contributed by atoms with Crippen LogP contribution in [-0.4, -0.2) is 58.5 Å². The Kier molecular flexibility index (Phi) is 11.9. The molecule has 4 aromatic carbocycles. The fourth-order valence-corrected chi connectivity index (χ4v) is 6.99. The van der Waals surface area contributed by atoms with Crippen LogP contribution < -0.4 is 19.1 Å². The molecule has 9 nitrogen and oxygen atoms in total. The van der Waals surface area contributed by atoms with Crippen molar-refractivity contribution in [3.63, 3.8) is 0 Å².